The average Bonchev–Trinajstić information content (AvgIpc) is 2.95. The van der Waals surface area contributed by atoms with Crippen LogP contribution in [0.4, 0.5) is 4.39 Å². The molecule has 0 radical (unpaired) electrons. The number of hydrogen-bond acceptors (Lipinski definition) is 4. The van der Waals surface area contributed by atoms with Crippen molar-refractivity contribution in [3.63, 3.8) is 0 Å². The fraction of sp³-hybridized carbons (Fsp3) is 0.526. The van der Waals surface area contributed by atoms with Crippen LogP contribution in [-0.2, 0) is 11.3 Å². The molecule has 1 aliphatic heterocycles. The van der Waals surface area contributed by atoms with E-state index in [2.05, 4.69) is 20.3 Å². The van der Waals surface area contributed by atoms with Gasteiger partial charge in [0.1, 0.15) is 23.5 Å². The third-order valence-electron chi connectivity index (χ3n) is 4.78. The van der Waals surface area contributed by atoms with E-state index in [9.17, 15) is 9.18 Å². The molecule has 1 aromatic heterocycles. The normalized spacial score (nSPS) is 16.4. The van der Waals surface area contributed by atoms with Crippen LogP contribution < -0.4 is 5.32 Å². The molecule has 1 fully saturated rings. The summed E-state index contributed by atoms with van der Waals surface area (Å²) >= 11 is 0. The highest BCUT2D eigenvalue weighted by Gasteiger charge is 2.28. The lowest BCUT2D eigenvalue weighted by molar-refractivity contribution is -0.127. The lowest BCUT2D eigenvalue weighted by atomic mass is 10.0. The highest BCUT2D eigenvalue weighted by molar-refractivity contribution is 5.83. The van der Waals surface area contributed by atoms with E-state index in [1.54, 1.807) is 16.8 Å². The minimum Gasteiger partial charge on any atom is -0.353 e. The third kappa shape index (κ3) is 4.46. The molecule has 3 rings (SSSR count). The van der Waals surface area contributed by atoms with Gasteiger partial charge in [-0.1, -0.05) is 18.6 Å². The van der Waals surface area contributed by atoms with Crippen LogP contribution in [0, 0.1) is 19.7 Å². The highest BCUT2D eigenvalue weighted by atomic mass is 19.1. The van der Waals surface area contributed by atoms with Gasteiger partial charge in [-0.3, -0.25) is 9.69 Å². The maximum atomic E-state index is 13.3. The summed E-state index contributed by atoms with van der Waals surface area (Å²) < 4.78 is 15.1. The zero-order chi connectivity index (χ0) is 18.5. The molecule has 0 saturated carbocycles. The van der Waals surface area contributed by atoms with Gasteiger partial charge >= 0.3 is 0 Å². The molecule has 1 aliphatic rings. The van der Waals surface area contributed by atoms with Gasteiger partial charge in [0.25, 0.3) is 0 Å². The van der Waals surface area contributed by atoms with E-state index in [4.69, 9.17) is 0 Å². The van der Waals surface area contributed by atoms with Crippen molar-refractivity contribution in [2.24, 2.45) is 0 Å². The maximum absolute atomic E-state index is 13.3. The van der Waals surface area contributed by atoms with Gasteiger partial charge in [-0.2, -0.15) is 5.10 Å². The van der Waals surface area contributed by atoms with Gasteiger partial charge in [-0.15, -0.1) is 0 Å². The van der Waals surface area contributed by atoms with Gasteiger partial charge in [-0.05, 0) is 57.5 Å². The predicted molar refractivity (Wildman–Crippen MR) is 97.1 cm³/mol. The van der Waals surface area contributed by atoms with Crippen LogP contribution in [0.25, 0.3) is 0 Å². The van der Waals surface area contributed by atoms with Gasteiger partial charge in [0.2, 0.25) is 5.91 Å². The van der Waals surface area contributed by atoms with E-state index in [0.29, 0.717) is 13.1 Å². The number of aryl methyl sites for hydroxylation is 2. The Kier molecular flexibility index (Phi) is 5.98. The van der Waals surface area contributed by atoms with Crippen LogP contribution in [0.5, 0.6) is 0 Å². The maximum Gasteiger partial charge on any atom is 0.242 e. The summed E-state index contributed by atoms with van der Waals surface area (Å²) in [5.41, 5.74) is 0.832. The average molecular weight is 359 g/mol. The van der Waals surface area contributed by atoms with Crippen LogP contribution in [-0.4, -0.2) is 45.2 Å². The molecule has 0 bridgehead atoms. The zero-order valence-corrected chi connectivity index (χ0v) is 15.4. The summed E-state index contributed by atoms with van der Waals surface area (Å²) in [6, 6.07) is 5.87. The first-order valence-electron chi connectivity index (χ1n) is 9.20. The lowest BCUT2D eigenvalue weighted by Crippen LogP contribution is -2.43. The van der Waals surface area contributed by atoms with Crippen LogP contribution in [0.3, 0.4) is 0 Å². The van der Waals surface area contributed by atoms with Crippen LogP contribution in [0.1, 0.15) is 42.5 Å². The largest absolute Gasteiger partial charge is 0.353 e. The van der Waals surface area contributed by atoms with Crippen molar-refractivity contribution in [2.75, 3.05) is 19.6 Å². The quantitative estimate of drug-likeness (QED) is 0.860. The Hall–Kier alpha value is -2.28. The van der Waals surface area contributed by atoms with Gasteiger partial charge in [0.15, 0.2) is 0 Å². The Labute approximate surface area is 153 Å². The molecule has 6 nitrogen and oxygen atoms in total. The Morgan fingerprint density at radius 1 is 1.19 bits per heavy atom. The van der Waals surface area contributed by atoms with E-state index in [0.717, 1.165) is 43.1 Å². The Morgan fingerprint density at radius 3 is 2.50 bits per heavy atom. The number of carbonyl (C=O) groups is 1. The summed E-state index contributed by atoms with van der Waals surface area (Å²) in [7, 11) is 0. The first-order chi connectivity index (χ1) is 12.5. The lowest BCUT2D eigenvalue weighted by Gasteiger charge is -2.34. The van der Waals surface area contributed by atoms with E-state index < -0.39 is 0 Å². The summed E-state index contributed by atoms with van der Waals surface area (Å²) in [5, 5.41) is 7.33. The smallest absolute Gasteiger partial charge is 0.242 e. The Morgan fingerprint density at radius 2 is 1.88 bits per heavy atom. The van der Waals surface area contributed by atoms with Gasteiger partial charge in [0.05, 0.1) is 6.54 Å². The number of rotatable bonds is 6. The number of likely N-dealkylation sites (tertiary alicyclic amines) is 1. The number of amides is 1. The minimum atomic E-state index is -0.380. The topological polar surface area (TPSA) is 63.1 Å². The zero-order valence-electron chi connectivity index (χ0n) is 15.4. The van der Waals surface area contributed by atoms with E-state index in [1.165, 1.54) is 18.6 Å². The number of hydrogen-bond donors (Lipinski definition) is 1. The molecule has 2 aromatic rings. The minimum absolute atomic E-state index is 0.0481. The number of carbonyl (C=O) groups excluding carboxylic acids is 1. The second kappa shape index (κ2) is 8.40. The van der Waals surface area contributed by atoms with Crippen molar-refractivity contribution < 1.29 is 9.18 Å². The highest BCUT2D eigenvalue weighted by Crippen LogP contribution is 2.25. The number of benzene rings is 1. The van der Waals surface area contributed by atoms with E-state index in [-0.39, 0.29) is 17.8 Å². The Balaban J connectivity index is 1.67. The van der Waals surface area contributed by atoms with Crippen molar-refractivity contribution >= 4 is 5.91 Å². The second-order valence-electron chi connectivity index (χ2n) is 6.77. The molecule has 1 atom stereocenters. The molecule has 1 amide bonds. The van der Waals surface area contributed by atoms with Crippen molar-refractivity contribution in [3.05, 3.63) is 47.3 Å². The summed E-state index contributed by atoms with van der Waals surface area (Å²) in [4.78, 5) is 19.4. The van der Waals surface area contributed by atoms with Gasteiger partial charge in [-0.25, -0.2) is 14.1 Å². The molecule has 7 heteroatoms. The van der Waals surface area contributed by atoms with E-state index >= 15 is 0 Å². The molecule has 2 heterocycles. The number of halogens is 1. The van der Waals surface area contributed by atoms with Crippen molar-refractivity contribution in [3.8, 4) is 0 Å². The molecular weight excluding hydrogens is 333 g/mol. The summed E-state index contributed by atoms with van der Waals surface area (Å²) in [5.74, 6) is 1.23. The fourth-order valence-corrected chi connectivity index (χ4v) is 3.50. The third-order valence-corrected chi connectivity index (χ3v) is 4.78. The number of nitrogens with one attached hydrogen (secondary N) is 1. The molecule has 1 saturated heterocycles. The van der Waals surface area contributed by atoms with Gasteiger partial charge < -0.3 is 5.32 Å². The first-order valence-corrected chi connectivity index (χ1v) is 9.20. The predicted octanol–water partition coefficient (Wildman–Crippen LogP) is 2.38. The molecule has 140 valence electrons. The SMILES string of the molecule is Cc1nc(C)n(CCNC(=O)[C@@H](c2ccc(F)cc2)N2CCCCC2)n1. The molecule has 26 heavy (non-hydrogen) atoms. The Bertz CT molecular complexity index is 737. The fourth-order valence-electron chi connectivity index (χ4n) is 3.50. The summed E-state index contributed by atoms with van der Waals surface area (Å²) in [6.45, 7) is 6.58. The standard InChI is InChI=1S/C19H26FN5O/c1-14-22-15(2)25(23-14)13-10-21-19(26)18(24-11-4-3-5-12-24)16-6-8-17(20)9-7-16/h6-9,18H,3-5,10-13H2,1-2H3,(H,21,26)/t18-/m1/s1. The molecule has 0 spiro atoms. The molecule has 1 N–H and O–H groups in total. The monoisotopic (exact) mass is 359 g/mol. The van der Waals surface area contributed by atoms with Crippen molar-refractivity contribution in [1.29, 1.82) is 0 Å². The number of aromatic nitrogens is 3. The number of piperidine rings is 1. The van der Waals surface area contributed by atoms with Crippen LogP contribution in [0.2, 0.25) is 0 Å². The van der Waals surface area contributed by atoms with Crippen molar-refractivity contribution in [1.82, 2.24) is 25.0 Å². The molecule has 1 aromatic carbocycles. The van der Waals surface area contributed by atoms with E-state index in [1.807, 2.05) is 13.8 Å². The van der Waals surface area contributed by atoms with Crippen LogP contribution >= 0.6 is 0 Å². The summed E-state index contributed by atoms with van der Waals surface area (Å²) in [6.07, 6.45) is 3.37. The van der Waals surface area contributed by atoms with Crippen molar-refractivity contribution in [2.45, 2.75) is 45.7 Å². The van der Waals surface area contributed by atoms with Gasteiger partial charge in [0, 0.05) is 6.54 Å². The molecule has 0 unspecified atom stereocenters. The first kappa shape index (κ1) is 18.5. The number of nitrogens with zero attached hydrogens (tertiary/aromatic N) is 4. The molecular formula is C19H26FN5O. The molecule has 0 aliphatic carbocycles. The van der Waals surface area contributed by atoms with Crippen LogP contribution in [0.15, 0.2) is 24.3 Å². The second-order valence-corrected chi connectivity index (χ2v) is 6.77.